The minimum atomic E-state index is -1.68. The van der Waals surface area contributed by atoms with Gasteiger partial charge >= 0.3 is 7.12 Å². The number of hydrogen-bond acceptors (Lipinski definition) is 6. The van der Waals surface area contributed by atoms with Gasteiger partial charge in [-0.25, -0.2) is 0 Å². The maximum atomic E-state index is 13.6. The first-order chi connectivity index (χ1) is 18.3. The lowest BCUT2D eigenvalue weighted by atomic mass is 9.70. The van der Waals surface area contributed by atoms with E-state index in [9.17, 15) is 24.7 Å². The van der Waals surface area contributed by atoms with Crippen molar-refractivity contribution in [1.82, 2.24) is 0 Å². The Balaban J connectivity index is 1.34. The summed E-state index contributed by atoms with van der Waals surface area (Å²) in [7, 11) is -1.68. The third-order valence-electron chi connectivity index (χ3n) is 8.12. The highest BCUT2D eigenvalue weighted by molar-refractivity contribution is 6.58. The first-order valence-corrected chi connectivity index (χ1v) is 13.4. The number of hydrogen-bond donors (Lipinski definition) is 3. The van der Waals surface area contributed by atoms with Crippen LogP contribution in [-0.2, 0) is 14.3 Å². The van der Waals surface area contributed by atoms with E-state index in [-0.39, 0.29) is 35.0 Å². The second-order valence-corrected chi connectivity index (χ2v) is 10.7. The molecular formula is C30H34BNO6. The summed E-state index contributed by atoms with van der Waals surface area (Å²) in [6.07, 6.45) is 6.20. The number of fused-ring (bicyclic) bond motifs is 3. The molecule has 0 saturated carbocycles. The average molecular weight is 515 g/mol. The number of ether oxygens (including phenoxy) is 1. The van der Waals surface area contributed by atoms with Gasteiger partial charge in [0.05, 0.1) is 30.2 Å². The predicted molar refractivity (Wildman–Crippen MR) is 147 cm³/mol. The molecule has 7 nitrogen and oxygen atoms in total. The maximum Gasteiger partial charge on any atom is 0.488 e. The van der Waals surface area contributed by atoms with E-state index in [4.69, 9.17) is 4.74 Å². The summed E-state index contributed by atoms with van der Waals surface area (Å²) in [5, 5.41) is 29.0. The molecule has 8 heteroatoms. The molecule has 3 aliphatic rings. The van der Waals surface area contributed by atoms with Crippen LogP contribution in [0.25, 0.3) is 6.08 Å². The molecule has 4 atom stereocenters. The van der Waals surface area contributed by atoms with Crippen molar-refractivity contribution in [3.8, 4) is 5.75 Å². The number of phenols is 1. The Morgan fingerprint density at radius 2 is 1.87 bits per heavy atom. The number of rotatable bonds is 8. The summed E-state index contributed by atoms with van der Waals surface area (Å²) in [5.41, 5.74) is 5.18. The molecule has 0 spiro atoms. The van der Waals surface area contributed by atoms with Crippen LogP contribution < -0.4 is 10.4 Å². The summed E-state index contributed by atoms with van der Waals surface area (Å²) in [4.78, 5) is 28.3. The first-order valence-electron chi connectivity index (χ1n) is 13.4. The average Bonchev–Trinajstić information content (AvgIpc) is 3.42. The number of amides is 2. The number of aromatic hydroxyl groups is 1. The summed E-state index contributed by atoms with van der Waals surface area (Å²) in [6.45, 7) is 4.62. The summed E-state index contributed by atoms with van der Waals surface area (Å²) < 4.78 is 6.28. The fourth-order valence-corrected chi connectivity index (χ4v) is 6.47. The number of allylic oxidation sites excluding steroid dienone is 2. The van der Waals surface area contributed by atoms with Crippen molar-refractivity contribution in [1.29, 1.82) is 0 Å². The molecular weight excluding hydrogens is 481 g/mol. The highest BCUT2D eigenvalue weighted by Gasteiger charge is 2.56. The number of carbonyl (C=O) groups excluding carboxylic acids is 2. The van der Waals surface area contributed by atoms with Crippen molar-refractivity contribution >= 4 is 36.2 Å². The number of anilines is 1. The quantitative estimate of drug-likeness (QED) is 0.282. The van der Waals surface area contributed by atoms with Gasteiger partial charge in [-0.2, -0.15) is 0 Å². The van der Waals surface area contributed by atoms with Gasteiger partial charge in [-0.3, -0.25) is 14.5 Å². The Hall–Kier alpha value is -3.20. The summed E-state index contributed by atoms with van der Waals surface area (Å²) >= 11 is 0. The zero-order chi connectivity index (χ0) is 27.0. The molecule has 1 aliphatic carbocycles. The molecule has 2 fully saturated rings. The van der Waals surface area contributed by atoms with Crippen molar-refractivity contribution < 1.29 is 29.5 Å². The molecule has 0 unspecified atom stereocenters. The molecule has 2 aromatic rings. The number of nitrogens with zero attached hydrogens (tertiary/aromatic N) is 1. The first kappa shape index (κ1) is 26.4. The Morgan fingerprint density at radius 1 is 1.08 bits per heavy atom. The lowest BCUT2D eigenvalue weighted by Crippen LogP contribution is -2.35. The summed E-state index contributed by atoms with van der Waals surface area (Å²) in [5.74, 6) is -1.24. The molecule has 5 rings (SSSR count). The van der Waals surface area contributed by atoms with Gasteiger partial charge in [-0.15, -0.1) is 0 Å². The standard InChI is InChI=1S/C30H34BNO6/c1-3-6-19(14-20-7-4-10-23(33)15-20)11-12-26-27-18(2)13-24-28(25(27)17-38-26)30(35)32(29(24)34)22-9-5-8-21(16-22)31(36)37/h4-5,7-10,14-16,24-26,28,33,36-37H,3,6,11-13,17H2,1-2H3/b19-14+/t24-,25+,26-,28-/m1/s1. The Kier molecular flexibility index (Phi) is 7.57. The maximum absolute atomic E-state index is 13.6. The van der Waals surface area contributed by atoms with Crippen LogP contribution in [-0.4, -0.2) is 46.8 Å². The van der Waals surface area contributed by atoms with E-state index in [1.54, 1.807) is 30.3 Å². The molecule has 3 N–H and O–H groups in total. The van der Waals surface area contributed by atoms with Crippen LogP contribution in [0.15, 0.2) is 65.3 Å². The predicted octanol–water partition coefficient (Wildman–Crippen LogP) is 3.58. The molecule has 2 heterocycles. The number of imide groups is 1. The third kappa shape index (κ3) is 4.96. The molecule has 2 saturated heterocycles. The number of phenolic OH excluding ortho intramolecular Hbond substituents is 1. The van der Waals surface area contributed by atoms with Crippen LogP contribution in [0.2, 0.25) is 0 Å². The van der Waals surface area contributed by atoms with Crippen LogP contribution in [0.5, 0.6) is 5.75 Å². The molecule has 2 aromatic carbocycles. The van der Waals surface area contributed by atoms with Gasteiger partial charge in [0.25, 0.3) is 0 Å². The van der Waals surface area contributed by atoms with Crippen LogP contribution in [0.4, 0.5) is 5.69 Å². The Morgan fingerprint density at radius 3 is 2.61 bits per heavy atom. The molecule has 0 aromatic heterocycles. The zero-order valence-electron chi connectivity index (χ0n) is 21.8. The second-order valence-electron chi connectivity index (χ2n) is 10.7. The third-order valence-corrected chi connectivity index (χ3v) is 8.12. The fourth-order valence-electron chi connectivity index (χ4n) is 6.47. The molecule has 0 bridgehead atoms. The van der Waals surface area contributed by atoms with Gasteiger partial charge in [-0.05, 0) is 73.5 Å². The van der Waals surface area contributed by atoms with Crippen molar-refractivity contribution in [3.05, 3.63) is 70.8 Å². The highest BCUT2D eigenvalue weighted by atomic mass is 16.5. The van der Waals surface area contributed by atoms with Crippen molar-refractivity contribution in [2.75, 3.05) is 11.5 Å². The minimum absolute atomic E-state index is 0.0878. The van der Waals surface area contributed by atoms with Gasteiger partial charge in [-0.1, -0.05) is 54.8 Å². The van der Waals surface area contributed by atoms with Gasteiger partial charge in [0.1, 0.15) is 5.75 Å². The second kappa shape index (κ2) is 10.9. The van der Waals surface area contributed by atoms with E-state index in [2.05, 4.69) is 19.9 Å². The topological polar surface area (TPSA) is 107 Å². The molecule has 0 radical (unpaired) electrons. The molecule has 2 aliphatic heterocycles. The Labute approximate surface area is 223 Å². The van der Waals surface area contributed by atoms with Crippen LogP contribution in [0, 0.1) is 17.8 Å². The lowest BCUT2D eigenvalue weighted by Gasteiger charge is -2.30. The van der Waals surface area contributed by atoms with Crippen LogP contribution in [0.1, 0.15) is 51.5 Å². The van der Waals surface area contributed by atoms with Crippen LogP contribution in [0.3, 0.4) is 0 Å². The molecule has 2 amide bonds. The molecule has 38 heavy (non-hydrogen) atoms. The smallest absolute Gasteiger partial charge is 0.488 e. The van der Waals surface area contributed by atoms with E-state index in [1.165, 1.54) is 22.1 Å². The van der Waals surface area contributed by atoms with Gasteiger partial charge in [0, 0.05) is 5.92 Å². The van der Waals surface area contributed by atoms with Gasteiger partial charge in [0.15, 0.2) is 0 Å². The van der Waals surface area contributed by atoms with Crippen LogP contribution >= 0.6 is 0 Å². The number of benzene rings is 2. The zero-order valence-corrected chi connectivity index (χ0v) is 21.8. The van der Waals surface area contributed by atoms with Gasteiger partial charge < -0.3 is 19.9 Å². The van der Waals surface area contributed by atoms with E-state index >= 15 is 0 Å². The lowest BCUT2D eigenvalue weighted by molar-refractivity contribution is -0.122. The van der Waals surface area contributed by atoms with Crippen molar-refractivity contribution in [2.45, 2.75) is 52.1 Å². The minimum Gasteiger partial charge on any atom is -0.508 e. The largest absolute Gasteiger partial charge is 0.508 e. The molecule has 198 valence electrons. The SMILES string of the molecule is CCC/C(=C\c1cccc(O)c1)CC[C@H]1OC[C@H]2C1=C(C)C[C@H]1C(=O)N(c3cccc(B(O)O)c3)C(=O)[C@H]12. The fraction of sp³-hybridized carbons (Fsp3) is 0.400. The van der Waals surface area contributed by atoms with Crippen molar-refractivity contribution in [2.24, 2.45) is 17.8 Å². The van der Waals surface area contributed by atoms with E-state index in [0.717, 1.165) is 36.8 Å². The van der Waals surface area contributed by atoms with E-state index in [0.29, 0.717) is 18.7 Å². The number of carbonyl (C=O) groups is 2. The van der Waals surface area contributed by atoms with E-state index < -0.39 is 19.0 Å². The Bertz CT molecular complexity index is 1300. The van der Waals surface area contributed by atoms with Crippen molar-refractivity contribution in [3.63, 3.8) is 0 Å². The normalized spacial score (nSPS) is 25.2. The van der Waals surface area contributed by atoms with E-state index in [1.807, 2.05) is 12.1 Å². The summed E-state index contributed by atoms with van der Waals surface area (Å²) in [6, 6.07) is 13.6. The monoisotopic (exact) mass is 515 g/mol. The highest BCUT2D eigenvalue weighted by Crippen LogP contribution is 2.50. The van der Waals surface area contributed by atoms with Gasteiger partial charge in [0.2, 0.25) is 11.8 Å².